The van der Waals surface area contributed by atoms with Gasteiger partial charge in [0.15, 0.2) is 0 Å². The maximum absolute atomic E-state index is 3.77. The van der Waals surface area contributed by atoms with Crippen molar-refractivity contribution in [1.82, 2.24) is 0 Å². The summed E-state index contributed by atoms with van der Waals surface area (Å²) in [5, 5.41) is 0. The smallest absolute Gasteiger partial charge is 0 e. The Morgan fingerprint density at radius 3 is 0.467 bits per heavy atom. The Kier molecular flexibility index (Phi) is 240. The van der Waals surface area contributed by atoms with E-state index >= 15 is 0 Å². The normalized spacial score (nSPS) is 4.00. The average Bonchev–Trinajstić information content (AvgIpc) is 0.722. The van der Waals surface area contributed by atoms with Crippen LogP contribution in [0.5, 0.6) is 0 Å². The van der Waals surface area contributed by atoms with Crippen LogP contribution in [0.3, 0.4) is 0 Å². The van der Waals surface area contributed by atoms with Crippen molar-refractivity contribution >= 4 is 0 Å². The molecular weight excluding hydrogens is 949 g/mol. The van der Waals surface area contributed by atoms with Crippen LogP contribution in [0.2, 0.25) is 0 Å². The van der Waals surface area contributed by atoms with Crippen molar-refractivity contribution in [2.45, 2.75) is 20.8 Å². The van der Waals surface area contributed by atoms with Crippen LogP contribution < -0.4 is 0 Å². The van der Waals surface area contributed by atoms with Crippen molar-refractivity contribution in [3.63, 3.8) is 0 Å². The van der Waals surface area contributed by atoms with Gasteiger partial charge in [0.2, 0.25) is 0 Å². The predicted octanol–water partition coefficient (Wildman–Crippen LogP) is 1.84. The Morgan fingerprint density at radius 1 is 0.467 bits per heavy atom. The van der Waals surface area contributed by atoms with Gasteiger partial charge >= 0.3 is 0 Å². The molecule has 0 rings (SSSR count). The monoisotopic (exact) mass is 960 g/mol. The zero-order valence-corrected chi connectivity index (χ0v) is 38.4. The van der Waals surface area contributed by atoms with Crippen molar-refractivity contribution < 1.29 is 327 Å². The van der Waals surface area contributed by atoms with Gasteiger partial charge in [0.1, 0.15) is 0 Å². The van der Waals surface area contributed by atoms with Crippen LogP contribution in [0.1, 0.15) is 20.8 Å². The van der Waals surface area contributed by atoms with Gasteiger partial charge in [0.25, 0.3) is 0 Å². The van der Waals surface area contributed by atoms with E-state index in [2.05, 4.69) is 27.7 Å². The van der Waals surface area contributed by atoms with E-state index in [9.17, 15) is 0 Å². The molecule has 0 aromatic carbocycles. The van der Waals surface area contributed by atoms with E-state index in [1.807, 2.05) is 0 Å². The van der Waals surface area contributed by atoms with Crippen LogP contribution in [0.15, 0.2) is 0 Å². The maximum atomic E-state index is 3.77. The fourth-order valence-corrected chi connectivity index (χ4v) is 0. The third-order valence-corrected chi connectivity index (χ3v) is 0. The topological polar surface area (TPSA) is 0 Å². The Labute approximate surface area is 348 Å². The summed E-state index contributed by atoms with van der Waals surface area (Å²) in [7, 11) is 0. The Morgan fingerprint density at radius 2 is 0.467 bits per heavy atom. The van der Waals surface area contributed by atoms with Crippen molar-refractivity contribution in [1.29, 1.82) is 0 Å². The Hall–Kier alpha value is 11.0. The first-order valence-electron chi connectivity index (χ1n) is 1.85. The van der Waals surface area contributed by atoms with Crippen molar-refractivity contribution in [3.8, 4) is 0 Å². The first-order valence-corrected chi connectivity index (χ1v) is 1.85. The second kappa shape index (κ2) is 49.8. The molecule has 10 radical (unpaired) electrons. The molecule has 0 amide bonds. The quantitative estimate of drug-likeness (QED) is 0.326. The molecule has 0 spiro atoms. The number of hydrogen-bond acceptors (Lipinski definition) is 0. The molecule has 0 nitrogen and oxygen atoms in total. The molecule has 0 saturated heterocycles. The summed E-state index contributed by atoms with van der Waals surface area (Å²) in [4.78, 5) is 0. The van der Waals surface area contributed by atoms with Crippen molar-refractivity contribution in [2.75, 3.05) is 0 Å². The summed E-state index contributed by atoms with van der Waals surface area (Å²) in [6.45, 7) is 10.0. The van der Waals surface area contributed by atoms with E-state index in [-0.39, 0.29) is 333 Å². The maximum Gasteiger partial charge on any atom is 0 e. The minimum Gasteiger partial charge on any atom is -0.338 e. The van der Waals surface area contributed by atoms with Crippen LogP contribution in [0.25, 0.3) is 0 Å². The SMILES string of the molecule is [CH2-]C(C)(C)C.[Y].[Y].[Y].[Y].[Y].[Y].[Y].[Y].[Y].[Y]. The minimum absolute atomic E-state index is 0. The molecule has 0 aliphatic rings. The van der Waals surface area contributed by atoms with E-state index in [0.29, 0.717) is 0 Å². The van der Waals surface area contributed by atoms with Crippen LogP contribution in [0, 0.1) is 12.3 Å². The molecule has 10 heteroatoms. The van der Waals surface area contributed by atoms with E-state index in [1.54, 1.807) is 0 Å². The first-order chi connectivity index (χ1) is 2.00. The molecule has 0 aliphatic carbocycles. The molecule has 62 valence electrons. The zero-order chi connectivity index (χ0) is 4.50. The summed E-state index contributed by atoms with van der Waals surface area (Å²) < 4.78 is 0. The van der Waals surface area contributed by atoms with Gasteiger partial charge < -0.3 is 6.92 Å². The van der Waals surface area contributed by atoms with E-state index < -0.39 is 0 Å². The van der Waals surface area contributed by atoms with Gasteiger partial charge in [0, 0.05) is 327 Å². The fourth-order valence-electron chi connectivity index (χ4n) is 0. The molecule has 0 heterocycles. The first kappa shape index (κ1) is 72.2. The van der Waals surface area contributed by atoms with Gasteiger partial charge in [0.05, 0.1) is 0 Å². The fraction of sp³-hybridized carbons (Fsp3) is 0.800. The summed E-state index contributed by atoms with van der Waals surface area (Å²) in [5.41, 5.74) is 0.250. The second-order valence-electron chi connectivity index (χ2n) is 2.56. The van der Waals surface area contributed by atoms with Crippen LogP contribution in [0.4, 0.5) is 0 Å². The van der Waals surface area contributed by atoms with E-state index in [1.165, 1.54) is 0 Å². The van der Waals surface area contributed by atoms with Gasteiger partial charge in [-0.2, -0.15) is 5.41 Å². The van der Waals surface area contributed by atoms with Crippen LogP contribution >= 0.6 is 0 Å². The number of rotatable bonds is 0. The van der Waals surface area contributed by atoms with Crippen molar-refractivity contribution in [2.24, 2.45) is 5.41 Å². The molecule has 0 aromatic rings. The molecule has 15 heavy (non-hydrogen) atoms. The number of hydrogen-bond donors (Lipinski definition) is 0. The molecular formula is C5H11Y10-. The zero-order valence-electron chi connectivity index (χ0n) is 9.98. The Balaban J connectivity index is -0.00000000178. The third kappa shape index (κ3) is 109. The summed E-state index contributed by atoms with van der Waals surface area (Å²) in [6.07, 6.45) is 0. The molecule has 0 aliphatic heterocycles. The predicted molar refractivity (Wildman–Crippen MR) is 24.8 cm³/mol. The molecule has 0 saturated carbocycles. The van der Waals surface area contributed by atoms with E-state index in [4.69, 9.17) is 0 Å². The summed E-state index contributed by atoms with van der Waals surface area (Å²) in [5.74, 6) is 0. The van der Waals surface area contributed by atoms with Gasteiger partial charge in [-0.1, -0.05) is 20.8 Å². The van der Waals surface area contributed by atoms with Crippen LogP contribution in [-0.2, 0) is 327 Å². The molecule has 0 fully saturated rings. The molecule has 0 bridgehead atoms. The molecule has 0 unspecified atom stereocenters. The Bertz CT molecular complexity index is 29.3. The molecule has 0 N–H and O–H groups in total. The second-order valence-corrected chi connectivity index (χ2v) is 2.56. The third-order valence-electron chi connectivity index (χ3n) is 0. The largest absolute Gasteiger partial charge is 0.338 e. The minimum atomic E-state index is 0. The standard InChI is InChI=1S/C5H11.10Y/c1-5(2,3)4;;;;;;;;;;/h1H2,2-4H3;;;;;;;;;;/q-1;;;;;;;;;;. The summed E-state index contributed by atoms with van der Waals surface area (Å²) in [6, 6.07) is 0. The van der Waals surface area contributed by atoms with Gasteiger partial charge in [-0.3, -0.25) is 0 Å². The van der Waals surface area contributed by atoms with E-state index in [0.717, 1.165) is 0 Å². The van der Waals surface area contributed by atoms with Crippen LogP contribution in [-0.4, -0.2) is 0 Å². The van der Waals surface area contributed by atoms with Gasteiger partial charge in [-0.25, -0.2) is 0 Å². The van der Waals surface area contributed by atoms with Crippen molar-refractivity contribution in [3.05, 3.63) is 6.92 Å². The average molecular weight is 960 g/mol. The van der Waals surface area contributed by atoms with Gasteiger partial charge in [-0.15, -0.1) is 0 Å². The molecule has 0 atom stereocenters. The van der Waals surface area contributed by atoms with Gasteiger partial charge in [-0.05, 0) is 0 Å². The molecule has 0 aromatic heterocycles. The summed E-state index contributed by atoms with van der Waals surface area (Å²) >= 11 is 0.